The van der Waals surface area contributed by atoms with Gasteiger partial charge >= 0.3 is 5.97 Å². The van der Waals surface area contributed by atoms with Crippen LogP contribution in [-0.2, 0) is 27.1 Å². The molecule has 6 unspecified atom stereocenters. The van der Waals surface area contributed by atoms with Crippen molar-refractivity contribution in [2.45, 2.75) is 84.6 Å². The number of fused-ring (bicyclic) bond motifs is 3. The molecule has 0 aromatic carbocycles. The topological polar surface area (TPSA) is 84.5 Å². The molecule has 0 saturated carbocycles. The minimum atomic E-state index is -1.12. The van der Waals surface area contributed by atoms with Gasteiger partial charge < -0.3 is 19.1 Å². The number of nitriles is 1. The van der Waals surface area contributed by atoms with Crippen LogP contribution < -0.4 is 0 Å². The number of allylic oxidation sites excluding steroid dienone is 5. The van der Waals surface area contributed by atoms with Crippen LogP contribution in [0.25, 0.3) is 17.8 Å². The van der Waals surface area contributed by atoms with Crippen LogP contribution in [0.1, 0.15) is 61.0 Å². The zero-order valence-corrected chi connectivity index (χ0v) is 25.8. The van der Waals surface area contributed by atoms with Crippen LogP contribution in [0.4, 0.5) is 0 Å². The number of rotatable bonds is 8. The van der Waals surface area contributed by atoms with Gasteiger partial charge in [-0.2, -0.15) is 5.26 Å². The Kier molecular flexibility index (Phi) is 9.01. The molecule has 42 heavy (non-hydrogen) atoms. The second kappa shape index (κ2) is 12.9. The van der Waals surface area contributed by atoms with Crippen molar-refractivity contribution in [2.75, 3.05) is 14.2 Å². The highest BCUT2D eigenvalue weighted by molar-refractivity contribution is 8.04. The molecule has 8 heteroatoms. The Bertz CT molecular complexity index is 1410. The second-order valence-electron chi connectivity index (χ2n) is 11.6. The van der Waals surface area contributed by atoms with Crippen LogP contribution in [0, 0.1) is 11.3 Å². The van der Waals surface area contributed by atoms with Crippen molar-refractivity contribution >= 4 is 47.3 Å². The summed E-state index contributed by atoms with van der Waals surface area (Å²) in [5.74, 6) is -1.12. The number of carboxylic acids is 1. The van der Waals surface area contributed by atoms with E-state index >= 15 is 0 Å². The van der Waals surface area contributed by atoms with E-state index in [1.54, 1.807) is 20.3 Å². The molecule has 6 rings (SSSR count). The lowest BCUT2D eigenvalue weighted by Crippen LogP contribution is -2.18. The first-order chi connectivity index (χ1) is 20.5. The third kappa shape index (κ3) is 6.03. The number of ether oxygens (including phenoxy) is 2. The molecule has 6 atom stereocenters. The predicted octanol–water partition coefficient (Wildman–Crippen LogP) is 6.84. The smallest absolute Gasteiger partial charge is 0.346 e. The molecular formula is C34H38N2O4S2. The van der Waals surface area contributed by atoms with Crippen LogP contribution >= 0.6 is 23.5 Å². The van der Waals surface area contributed by atoms with Gasteiger partial charge in [0, 0.05) is 65.1 Å². The average molecular weight is 603 g/mol. The first kappa shape index (κ1) is 29.4. The van der Waals surface area contributed by atoms with E-state index in [1.807, 2.05) is 17.8 Å². The third-order valence-electron chi connectivity index (χ3n) is 9.08. The fraction of sp³-hybridized carbons (Fsp3) is 0.471. The quantitative estimate of drug-likeness (QED) is 0.258. The third-order valence-corrected chi connectivity index (χ3v) is 12.5. The predicted molar refractivity (Wildman–Crippen MR) is 172 cm³/mol. The van der Waals surface area contributed by atoms with E-state index in [0.717, 1.165) is 38.5 Å². The maximum atomic E-state index is 11.2. The lowest BCUT2D eigenvalue weighted by Gasteiger charge is -2.21. The Balaban J connectivity index is 1.11. The van der Waals surface area contributed by atoms with E-state index in [-0.39, 0.29) is 23.0 Å². The van der Waals surface area contributed by atoms with Gasteiger partial charge in [-0.05, 0) is 79.5 Å². The Morgan fingerprint density at radius 3 is 2.12 bits per heavy atom. The molecule has 1 aromatic heterocycles. The SMILES string of the molecule is COC1C=Cc2c(c3c(n2C2=CC=C(C=CC4CCC(C5CCC(C=C(C#N)C(=O)O)S5)S4)CC2)C=CC(OC)C3)C1. The normalized spacial score (nSPS) is 30.6. The van der Waals surface area contributed by atoms with Crippen LogP contribution in [-0.4, -0.2) is 63.1 Å². The van der Waals surface area contributed by atoms with E-state index in [4.69, 9.17) is 19.8 Å². The Labute approximate surface area is 256 Å². The lowest BCUT2D eigenvalue weighted by molar-refractivity contribution is -0.132. The summed E-state index contributed by atoms with van der Waals surface area (Å²) in [6.07, 6.45) is 28.3. The van der Waals surface area contributed by atoms with Gasteiger partial charge in [0.1, 0.15) is 11.6 Å². The molecule has 3 aliphatic carbocycles. The summed E-state index contributed by atoms with van der Waals surface area (Å²) < 4.78 is 13.8. The van der Waals surface area contributed by atoms with Crippen LogP contribution in [0.2, 0.25) is 0 Å². The van der Waals surface area contributed by atoms with Crippen molar-refractivity contribution < 1.29 is 19.4 Å². The van der Waals surface area contributed by atoms with Gasteiger partial charge in [0.25, 0.3) is 0 Å². The monoisotopic (exact) mass is 602 g/mol. The van der Waals surface area contributed by atoms with Crippen LogP contribution in [0.3, 0.4) is 0 Å². The second-order valence-corrected chi connectivity index (χ2v) is 14.5. The Morgan fingerprint density at radius 2 is 1.57 bits per heavy atom. The maximum Gasteiger partial charge on any atom is 0.346 e. The van der Waals surface area contributed by atoms with E-state index in [2.05, 4.69) is 64.9 Å². The summed E-state index contributed by atoms with van der Waals surface area (Å²) in [7, 11) is 3.57. The molecule has 2 fully saturated rings. The van der Waals surface area contributed by atoms with Gasteiger partial charge in [-0.3, -0.25) is 0 Å². The van der Waals surface area contributed by atoms with Crippen LogP contribution in [0.5, 0.6) is 0 Å². The Hall–Kier alpha value is -2.70. The zero-order chi connectivity index (χ0) is 29.2. The number of methoxy groups -OCH3 is 2. The number of carboxylic acid groups (broad SMARTS) is 1. The number of aliphatic carboxylic acids is 1. The van der Waals surface area contributed by atoms with Crippen LogP contribution in [0.15, 0.2) is 53.7 Å². The molecule has 6 nitrogen and oxygen atoms in total. The summed E-state index contributed by atoms with van der Waals surface area (Å²) >= 11 is 3.93. The number of hydrogen-bond donors (Lipinski definition) is 1. The largest absolute Gasteiger partial charge is 0.477 e. The van der Waals surface area contributed by atoms with Crippen molar-refractivity contribution in [3.63, 3.8) is 0 Å². The molecular weight excluding hydrogens is 565 g/mol. The molecule has 2 aliphatic heterocycles. The van der Waals surface area contributed by atoms with Gasteiger partial charge in [-0.1, -0.05) is 30.4 Å². The molecule has 1 aromatic rings. The zero-order valence-electron chi connectivity index (χ0n) is 24.2. The summed E-state index contributed by atoms with van der Waals surface area (Å²) in [6.45, 7) is 0. The van der Waals surface area contributed by atoms with Crippen molar-refractivity contribution in [3.8, 4) is 6.07 Å². The van der Waals surface area contributed by atoms with E-state index in [0.29, 0.717) is 15.7 Å². The highest BCUT2D eigenvalue weighted by atomic mass is 32.2. The number of nitrogens with zero attached hydrogens (tertiary/aromatic N) is 2. The van der Waals surface area contributed by atoms with Crippen molar-refractivity contribution in [3.05, 3.63) is 76.2 Å². The molecule has 220 valence electrons. The summed E-state index contributed by atoms with van der Waals surface area (Å²) in [6, 6.07) is 1.82. The first-order valence-corrected chi connectivity index (χ1v) is 16.8. The summed E-state index contributed by atoms with van der Waals surface area (Å²) in [4.78, 5) is 11.2. The molecule has 1 N–H and O–H groups in total. The number of hydrogen-bond acceptors (Lipinski definition) is 6. The number of aromatic nitrogens is 1. The van der Waals surface area contributed by atoms with Gasteiger partial charge in [0.2, 0.25) is 0 Å². The fourth-order valence-electron chi connectivity index (χ4n) is 6.81. The molecule has 3 heterocycles. The minimum absolute atomic E-state index is 0.119. The standard InChI is InChI=1S/C34H38N2O4S2/c1-39-24-8-13-30-28(18-24)29-19-25(40-2)9-14-31(29)36(30)23-6-3-21(4-7-23)5-10-26-11-15-32(41-26)33-16-12-27(42-33)17-22(20-35)34(37)38/h3,5-6,8-10,13-14,17,24-27,32-33H,4,7,11-12,15-16,18-19H2,1-2H3,(H,37,38). The first-order valence-electron chi connectivity index (χ1n) is 14.9. The highest BCUT2D eigenvalue weighted by Gasteiger charge is 2.36. The summed E-state index contributed by atoms with van der Waals surface area (Å²) in [5, 5.41) is 20.0. The minimum Gasteiger partial charge on any atom is -0.477 e. The lowest BCUT2D eigenvalue weighted by atomic mass is 9.92. The van der Waals surface area contributed by atoms with Crippen molar-refractivity contribution in [2.24, 2.45) is 0 Å². The van der Waals surface area contributed by atoms with Crippen molar-refractivity contribution in [1.82, 2.24) is 4.57 Å². The van der Waals surface area contributed by atoms with Gasteiger partial charge in [-0.15, -0.1) is 23.5 Å². The van der Waals surface area contributed by atoms with E-state index in [9.17, 15) is 4.79 Å². The molecule has 0 spiro atoms. The van der Waals surface area contributed by atoms with E-state index < -0.39 is 5.97 Å². The van der Waals surface area contributed by atoms with Crippen molar-refractivity contribution in [1.29, 1.82) is 5.26 Å². The molecule has 5 aliphatic rings. The average Bonchev–Trinajstić information content (AvgIpc) is 3.76. The van der Waals surface area contributed by atoms with E-state index in [1.165, 1.54) is 46.6 Å². The molecule has 0 bridgehead atoms. The molecule has 2 saturated heterocycles. The highest BCUT2D eigenvalue weighted by Crippen LogP contribution is 2.47. The van der Waals surface area contributed by atoms with Gasteiger partial charge in [-0.25, -0.2) is 4.79 Å². The van der Waals surface area contributed by atoms with Gasteiger partial charge in [0.15, 0.2) is 0 Å². The number of thioether (sulfide) groups is 2. The van der Waals surface area contributed by atoms with Gasteiger partial charge in [0.05, 0.1) is 12.2 Å². The number of carbonyl (C=O) groups is 1. The fourth-order valence-corrected chi connectivity index (χ4v) is 10.2. The molecule has 0 amide bonds. The maximum absolute atomic E-state index is 11.2. The summed E-state index contributed by atoms with van der Waals surface area (Å²) in [5.41, 5.74) is 7.95. The Morgan fingerprint density at radius 1 is 0.952 bits per heavy atom. The molecule has 0 radical (unpaired) electrons.